The molecule has 324 valence electrons. The third kappa shape index (κ3) is 6.02. The van der Waals surface area contributed by atoms with Crippen molar-refractivity contribution in [1.82, 2.24) is 9.55 Å². The van der Waals surface area contributed by atoms with E-state index in [2.05, 4.69) is 247 Å². The summed E-state index contributed by atoms with van der Waals surface area (Å²) in [5.41, 5.74) is 12.3. The van der Waals surface area contributed by atoms with Gasteiger partial charge in [0.2, 0.25) is 0 Å². The van der Waals surface area contributed by atoms with E-state index in [4.69, 9.17) is 4.98 Å². The van der Waals surface area contributed by atoms with Crippen LogP contribution in [-0.4, -0.2) is 9.55 Å². The van der Waals surface area contributed by atoms with Crippen LogP contribution in [0, 0.1) is 0 Å². The fourth-order valence-corrected chi connectivity index (χ4v) is 12.5. The number of fused-ring (bicyclic) bond motifs is 14. The molecule has 0 aliphatic rings. The smallest absolute Gasteiger partial charge is 0.0736 e. The van der Waals surface area contributed by atoms with Crippen molar-refractivity contribution in [1.29, 1.82) is 0 Å². The van der Waals surface area contributed by atoms with Crippen LogP contribution in [0.2, 0.25) is 0 Å². The SMILES string of the molecule is c1ccc(-c2ccc3c(c2)c2cc4c5ccc(-c6ccc7sc8ccccc8c7c6)cc5c5ccccc5c4cc2n3-c2cc(-c3cccc4ccccc34)nc(-c3cccc4ccccc34)c2)cc1. The maximum atomic E-state index is 5.56. The summed E-state index contributed by atoms with van der Waals surface area (Å²) in [6.45, 7) is 0. The molecular weight excluding hydrogens is 865 g/mol. The zero-order valence-electron chi connectivity index (χ0n) is 37.9. The topological polar surface area (TPSA) is 17.8 Å². The highest BCUT2D eigenvalue weighted by Gasteiger charge is 2.21. The number of aromatic nitrogens is 2. The molecule has 0 radical (unpaired) electrons. The van der Waals surface area contributed by atoms with E-state index in [0.29, 0.717) is 0 Å². The predicted octanol–water partition coefficient (Wildman–Crippen LogP) is 19.0. The van der Waals surface area contributed by atoms with Gasteiger partial charge in [-0.1, -0.05) is 182 Å². The van der Waals surface area contributed by atoms with E-state index in [1.165, 1.54) is 107 Å². The second-order valence-electron chi connectivity index (χ2n) is 18.6. The van der Waals surface area contributed by atoms with E-state index < -0.39 is 0 Å². The minimum Gasteiger partial charge on any atom is -0.309 e. The zero-order valence-corrected chi connectivity index (χ0v) is 38.7. The van der Waals surface area contributed by atoms with Crippen molar-refractivity contribution in [3.8, 4) is 50.5 Å². The lowest BCUT2D eigenvalue weighted by Gasteiger charge is -2.16. The lowest BCUT2D eigenvalue weighted by atomic mass is 9.91. The van der Waals surface area contributed by atoms with Crippen LogP contribution in [0.15, 0.2) is 243 Å². The van der Waals surface area contributed by atoms with Gasteiger partial charge in [0, 0.05) is 42.1 Å². The highest BCUT2D eigenvalue weighted by atomic mass is 32.1. The van der Waals surface area contributed by atoms with Crippen LogP contribution in [-0.2, 0) is 0 Å². The fourth-order valence-electron chi connectivity index (χ4n) is 11.5. The van der Waals surface area contributed by atoms with Gasteiger partial charge in [0.25, 0.3) is 0 Å². The average molecular weight is 905 g/mol. The fraction of sp³-hybridized carbons (Fsp3) is 0. The van der Waals surface area contributed by atoms with Crippen LogP contribution in [0.3, 0.4) is 0 Å². The quantitative estimate of drug-likeness (QED) is 0.157. The number of hydrogen-bond acceptors (Lipinski definition) is 2. The summed E-state index contributed by atoms with van der Waals surface area (Å²) in [5, 5.41) is 17.3. The first kappa shape index (κ1) is 39.1. The van der Waals surface area contributed by atoms with Crippen molar-refractivity contribution in [2.45, 2.75) is 0 Å². The number of nitrogens with zero attached hydrogens (tertiary/aromatic N) is 2. The number of rotatable bonds is 5. The van der Waals surface area contributed by atoms with Crippen LogP contribution < -0.4 is 0 Å². The number of hydrogen-bond donors (Lipinski definition) is 0. The van der Waals surface area contributed by atoms with Crippen LogP contribution in [0.25, 0.3) is 146 Å². The molecule has 3 heterocycles. The number of benzene rings is 12. The highest BCUT2D eigenvalue weighted by molar-refractivity contribution is 7.25. The van der Waals surface area contributed by atoms with Crippen molar-refractivity contribution >= 4 is 107 Å². The first-order valence-electron chi connectivity index (χ1n) is 24.0. The standard InChI is InChI=1S/C67H40N2S/c1-2-14-41(15-3-1)44-29-32-64-59(35-44)60-39-57-52-31-28-45(46-30-33-67-61(36-46)55-24-10-11-27-66(55)70-67)34-56(52)50-22-8-9-23-51(50)58(57)40-65(60)69(64)47-37-62(53-25-12-18-42-16-4-6-20-48(42)53)68-63(38-47)54-26-13-19-43-17-5-7-21-49(43)54/h1-40H. The molecule has 15 rings (SSSR count). The third-order valence-electron chi connectivity index (χ3n) is 14.7. The van der Waals surface area contributed by atoms with E-state index in [0.717, 1.165) is 39.2 Å². The highest BCUT2D eigenvalue weighted by Crippen LogP contribution is 2.45. The minimum absolute atomic E-state index is 0.938. The minimum atomic E-state index is 0.938. The van der Waals surface area contributed by atoms with Gasteiger partial charge in [-0.3, -0.25) is 0 Å². The maximum Gasteiger partial charge on any atom is 0.0736 e. The summed E-state index contributed by atoms with van der Waals surface area (Å²) in [5.74, 6) is 0. The van der Waals surface area contributed by atoms with Crippen molar-refractivity contribution in [3.05, 3.63) is 243 Å². The predicted molar refractivity (Wildman–Crippen MR) is 301 cm³/mol. The summed E-state index contributed by atoms with van der Waals surface area (Å²) in [4.78, 5) is 5.56. The van der Waals surface area contributed by atoms with Crippen molar-refractivity contribution < 1.29 is 0 Å². The Labute approximate surface area is 407 Å². The van der Waals surface area contributed by atoms with Crippen LogP contribution in [0.1, 0.15) is 0 Å². The molecule has 15 aromatic rings. The molecule has 12 aromatic carbocycles. The Kier molecular flexibility index (Phi) is 8.56. The first-order valence-corrected chi connectivity index (χ1v) is 24.8. The lowest BCUT2D eigenvalue weighted by molar-refractivity contribution is 1.16. The zero-order chi connectivity index (χ0) is 45.9. The Morgan fingerprint density at radius 3 is 1.47 bits per heavy atom. The second kappa shape index (κ2) is 15.3. The van der Waals surface area contributed by atoms with Gasteiger partial charge in [0.05, 0.1) is 28.1 Å². The van der Waals surface area contributed by atoms with E-state index in [1.807, 2.05) is 11.3 Å². The largest absolute Gasteiger partial charge is 0.309 e. The lowest BCUT2D eigenvalue weighted by Crippen LogP contribution is -1.99. The summed E-state index contributed by atoms with van der Waals surface area (Å²) < 4.78 is 5.15. The van der Waals surface area contributed by atoms with Crippen LogP contribution in [0.4, 0.5) is 0 Å². The van der Waals surface area contributed by atoms with E-state index >= 15 is 0 Å². The van der Waals surface area contributed by atoms with Gasteiger partial charge in [-0.2, -0.15) is 0 Å². The van der Waals surface area contributed by atoms with Gasteiger partial charge in [-0.15, -0.1) is 11.3 Å². The normalized spacial score (nSPS) is 12.0. The van der Waals surface area contributed by atoms with Crippen molar-refractivity contribution in [3.63, 3.8) is 0 Å². The molecule has 70 heavy (non-hydrogen) atoms. The van der Waals surface area contributed by atoms with Gasteiger partial charge in [-0.05, 0) is 137 Å². The van der Waals surface area contributed by atoms with Gasteiger partial charge < -0.3 is 4.57 Å². The summed E-state index contributed by atoms with van der Waals surface area (Å²) in [7, 11) is 0. The molecule has 3 aromatic heterocycles. The molecule has 0 amide bonds. The van der Waals surface area contributed by atoms with Gasteiger partial charge >= 0.3 is 0 Å². The molecule has 0 fully saturated rings. The molecule has 0 saturated heterocycles. The average Bonchev–Trinajstić information content (AvgIpc) is 3.97. The Bertz CT molecular complexity index is 4540. The van der Waals surface area contributed by atoms with Crippen molar-refractivity contribution in [2.24, 2.45) is 0 Å². The van der Waals surface area contributed by atoms with E-state index in [1.54, 1.807) is 0 Å². The van der Waals surface area contributed by atoms with Gasteiger partial charge in [-0.25, -0.2) is 4.98 Å². The second-order valence-corrected chi connectivity index (χ2v) is 19.7. The molecule has 3 heteroatoms. The molecule has 0 unspecified atom stereocenters. The summed E-state index contributed by atoms with van der Waals surface area (Å²) in [6, 6.07) is 89.6. The third-order valence-corrected chi connectivity index (χ3v) is 15.9. The molecule has 0 atom stereocenters. The number of pyridine rings is 1. The molecule has 0 bridgehead atoms. The number of thiophene rings is 1. The Morgan fingerprint density at radius 2 is 0.757 bits per heavy atom. The molecule has 0 spiro atoms. The molecule has 2 nitrogen and oxygen atoms in total. The first-order chi connectivity index (χ1) is 34.7. The maximum absolute atomic E-state index is 5.56. The van der Waals surface area contributed by atoms with Gasteiger partial charge in [0.15, 0.2) is 0 Å². The molecule has 0 aliphatic heterocycles. The van der Waals surface area contributed by atoms with E-state index in [9.17, 15) is 0 Å². The molecule has 0 saturated carbocycles. The summed E-state index contributed by atoms with van der Waals surface area (Å²) >= 11 is 1.87. The van der Waals surface area contributed by atoms with Crippen LogP contribution >= 0.6 is 11.3 Å². The van der Waals surface area contributed by atoms with Crippen LogP contribution in [0.5, 0.6) is 0 Å². The monoisotopic (exact) mass is 904 g/mol. The van der Waals surface area contributed by atoms with Gasteiger partial charge in [0.1, 0.15) is 0 Å². The Morgan fingerprint density at radius 1 is 0.271 bits per heavy atom. The Balaban J connectivity index is 1.02. The van der Waals surface area contributed by atoms with E-state index in [-0.39, 0.29) is 0 Å². The van der Waals surface area contributed by atoms with Crippen molar-refractivity contribution in [2.75, 3.05) is 0 Å². The Hall–Kier alpha value is -8.89. The molecular formula is C67H40N2S. The molecule has 0 N–H and O–H groups in total. The summed E-state index contributed by atoms with van der Waals surface area (Å²) in [6.07, 6.45) is 0. The molecule has 0 aliphatic carbocycles.